The van der Waals surface area contributed by atoms with Crippen LogP contribution in [0, 0.1) is 0 Å². The van der Waals surface area contributed by atoms with Crippen molar-refractivity contribution in [3.8, 4) is 0 Å². The summed E-state index contributed by atoms with van der Waals surface area (Å²) in [7, 11) is 0. The van der Waals surface area contributed by atoms with Crippen LogP contribution in [0.2, 0.25) is 0 Å². The molecular formula is C11H10NiO2. The van der Waals surface area contributed by atoms with Gasteiger partial charge in [0.05, 0.1) is 0 Å². The van der Waals surface area contributed by atoms with Crippen LogP contribution in [0.5, 0.6) is 0 Å². The Balaban J connectivity index is 0.000000293. The third-order valence-electron chi connectivity index (χ3n) is 1.61. The van der Waals surface area contributed by atoms with Crippen molar-refractivity contribution in [2.24, 2.45) is 0 Å². The molecule has 0 aromatic carbocycles. The second-order valence-electron chi connectivity index (χ2n) is 2.57. The molecule has 2 rings (SSSR count). The summed E-state index contributed by atoms with van der Waals surface area (Å²) in [5.41, 5.74) is 0. The summed E-state index contributed by atoms with van der Waals surface area (Å²) in [6.45, 7) is 0. The van der Waals surface area contributed by atoms with Gasteiger partial charge >= 0.3 is 79.0 Å². The summed E-state index contributed by atoms with van der Waals surface area (Å²) >= 11 is 1.73. The number of rotatable bonds is 2. The fraction of sp³-hybridized carbons (Fsp3) is 0.182. The predicted octanol–water partition coefficient (Wildman–Crippen LogP) is 2.17. The molecule has 76 valence electrons. The average Bonchev–Trinajstić information content (AvgIpc) is 2.79. The van der Waals surface area contributed by atoms with E-state index < -0.39 is 0 Å². The van der Waals surface area contributed by atoms with Crippen molar-refractivity contribution < 1.29 is 24.0 Å². The smallest absolute Gasteiger partial charge is 0.186 e. The fourth-order valence-corrected chi connectivity index (χ4v) is 2.26. The number of carbonyl (C=O) groups excluding carboxylic acids is 2. The predicted molar refractivity (Wildman–Crippen MR) is 48.7 cm³/mol. The zero-order valence-electron chi connectivity index (χ0n) is 7.51. The fourth-order valence-electron chi connectivity index (χ4n) is 1.06. The van der Waals surface area contributed by atoms with E-state index in [4.69, 9.17) is 9.59 Å². The Labute approximate surface area is 88.9 Å². The molecule has 0 radical (unpaired) electrons. The van der Waals surface area contributed by atoms with Crippen molar-refractivity contribution >= 4 is 6.15 Å². The molecule has 0 aromatic rings. The van der Waals surface area contributed by atoms with Gasteiger partial charge in [-0.2, -0.15) is 9.59 Å². The maximum absolute atomic E-state index is 8.12. The molecule has 0 bridgehead atoms. The maximum atomic E-state index is 8.12. The number of allylic oxidation sites excluding steroid dienone is 8. The summed E-state index contributed by atoms with van der Waals surface area (Å²) in [5, 5.41) is 0. The zero-order chi connectivity index (χ0) is 10.2. The Morgan fingerprint density at radius 1 is 1.00 bits per heavy atom. The van der Waals surface area contributed by atoms with Crippen molar-refractivity contribution in [1.82, 2.24) is 0 Å². The van der Waals surface area contributed by atoms with Crippen molar-refractivity contribution in [3.63, 3.8) is 0 Å². The van der Waals surface area contributed by atoms with Gasteiger partial charge in [0.2, 0.25) is 0 Å². The molecule has 0 fully saturated rings. The van der Waals surface area contributed by atoms with Crippen LogP contribution in [0.4, 0.5) is 0 Å². The maximum Gasteiger partial charge on any atom is 0.373 e. The van der Waals surface area contributed by atoms with E-state index in [0.717, 1.165) is 12.8 Å². The first kappa shape index (κ1) is 10.9. The first-order valence-corrected chi connectivity index (χ1v) is 5.15. The zero-order valence-corrected chi connectivity index (χ0v) is 8.50. The topological polar surface area (TPSA) is 34.1 Å². The van der Waals surface area contributed by atoms with E-state index in [1.54, 1.807) is 14.4 Å². The summed E-state index contributed by atoms with van der Waals surface area (Å²) in [6.07, 6.45) is 15.6. The molecule has 0 N–H and O–H groups in total. The SMILES string of the molecule is C1=CC[C]([Ni][C]2=CC=CC2)=C1.O=C=O. The first-order valence-electron chi connectivity index (χ1n) is 4.16. The van der Waals surface area contributed by atoms with E-state index in [1.807, 2.05) is 0 Å². The van der Waals surface area contributed by atoms with Crippen LogP contribution in [0.15, 0.2) is 45.5 Å². The molecule has 0 saturated carbocycles. The normalized spacial score (nSPS) is 17.1. The van der Waals surface area contributed by atoms with Crippen LogP contribution in [0.3, 0.4) is 0 Å². The molecule has 0 heterocycles. The summed E-state index contributed by atoms with van der Waals surface area (Å²) < 4.78 is 2.99. The average molecular weight is 233 g/mol. The first-order chi connectivity index (χ1) is 6.86. The second kappa shape index (κ2) is 6.31. The molecule has 0 saturated heterocycles. The number of hydrogen-bond acceptors (Lipinski definition) is 2. The number of hydrogen-bond donors (Lipinski definition) is 0. The van der Waals surface area contributed by atoms with E-state index in [9.17, 15) is 0 Å². The molecule has 0 amide bonds. The van der Waals surface area contributed by atoms with E-state index in [1.165, 1.54) is 9.09 Å². The Morgan fingerprint density at radius 2 is 1.43 bits per heavy atom. The van der Waals surface area contributed by atoms with Crippen LogP contribution in [-0.2, 0) is 24.0 Å². The molecule has 3 heteroatoms. The molecule has 0 atom stereocenters. The van der Waals surface area contributed by atoms with Gasteiger partial charge in [-0.25, -0.2) is 0 Å². The Morgan fingerprint density at radius 3 is 1.71 bits per heavy atom. The van der Waals surface area contributed by atoms with Crippen molar-refractivity contribution in [2.75, 3.05) is 0 Å². The van der Waals surface area contributed by atoms with E-state index in [2.05, 4.69) is 36.5 Å². The van der Waals surface area contributed by atoms with E-state index in [0.29, 0.717) is 0 Å². The monoisotopic (exact) mass is 232 g/mol. The van der Waals surface area contributed by atoms with Gasteiger partial charge in [-0.1, -0.05) is 0 Å². The van der Waals surface area contributed by atoms with Crippen LogP contribution < -0.4 is 0 Å². The third-order valence-corrected chi connectivity index (χ3v) is 2.98. The Kier molecular flexibility index (Phi) is 4.92. The summed E-state index contributed by atoms with van der Waals surface area (Å²) in [4.78, 5) is 16.2. The van der Waals surface area contributed by atoms with Gasteiger partial charge in [0.1, 0.15) is 0 Å². The van der Waals surface area contributed by atoms with Crippen molar-refractivity contribution in [3.05, 3.63) is 45.5 Å². The van der Waals surface area contributed by atoms with E-state index in [-0.39, 0.29) is 6.15 Å². The van der Waals surface area contributed by atoms with Crippen LogP contribution in [0.25, 0.3) is 0 Å². The third kappa shape index (κ3) is 3.70. The minimum Gasteiger partial charge on any atom is -0.186 e. The van der Waals surface area contributed by atoms with Gasteiger partial charge in [0, 0.05) is 0 Å². The van der Waals surface area contributed by atoms with Crippen molar-refractivity contribution in [2.45, 2.75) is 12.8 Å². The molecule has 0 aromatic heterocycles. The molecule has 0 spiro atoms. The second-order valence-corrected chi connectivity index (χ2v) is 4.09. The van der Waals surface area contributed by atoms with Crippen LogP contribution >= 0.6 is 0 Å². The van der Waals surface area contributed by atoms with Gasteiger partial charge in [-0.3, -0.25) is 0 Å². The van der Waals surface area contributed by atoms with Crippen molar-refractivity contribution in [1.29, 1.82) is 0 Å². The molecule has 0 aliphatic heterocycles. The quantitative estimate of drug-likeness (QED) is 0.684. The Hall–Kier alpha value is -1.17. The molecule has 14 heavy (non-hydrogen) atoms. The van der Waals surface area contributed by atoms with E-state index >= 15 is 0 Å². The molecule has 2 aliphatic carbocycles. The minimum absolute atomic E-state index is 0.250. The standard InChI is InChI=1S/2C5H5.CO2.Ni/c2*1-2-4-5-3-1;2-1-3;/h2*1-3H,4H2;;. The van der Waals surface area contributed by atoms with Gasteiger partial charge in [-0.05, 0) is 0 Å². The largest absolute Gasteiger partial charge is 0.373 e. The van der Waals surface area contributed by atoms with Gasteiger partial charge < -0.3 is 0 Å². The van der Waals surface area contributed by atoms with Gasteiger partial charge in [0.15, 0.2) is 0 Å². The molecule has 2 nitrogen and oxygen atoms in total. The van der Waals surface area contributed by atoms with Gasteiger partial charge in [-0.15, -0.1) is 0 Å². The van der Waals surface area contributed by atoms with Gasteiger partial charge in [0.25, 0.3) is 0 Å². The van der Waals surface area contributed by atoms with Crippen LogP contribution in [0.1, 0.15) is 12.8 Å². The Bertz CT molecular complexity index is 314. The molecule has 0 unspecified atom stereocenters. The summed E-state index contributed by atoms with van der Waals surface area (Å²) in [5.74, 6) is 0. The molecular weight excluding hydrogens is 223 g/mol. The minimum atomic E-state index is 0.250. The summed E-state index contributed by atoms with van der Waals surface area (Å²) in [6, 6.07) is 0. The molecule has 2 aliphatic rings. The van der Waals surface area contributed by atoms with Crippen LogP contribution in [-0.4, -0.2) is 6.15 Å².